The number of carboxylic acids is 1. The van der Waals surface area contributed by atoms with Gasteiger partial charge in [-0.3, -0.25) is 9.59 Å². The smallest absolute Gasteiger partial charge is 0.311 e. The van der Waals surface area contributed by atoms with Crippen LogP contribution in [0.3, 0.4) is 0 Å². The van der Waals surface area contributed by atoms with E-state index in [1.165, 1.54) is 6.20 Å². The van der Waals surface area contributed by atoms with Gasteiger partial charge in [-0.25, -0.2) is 4.98 Å². The Morgan fingerprint density at radius 1 is 1.50 bits per heavy atom. The van der Waals surface area contributed by atoms with Crippen LogP contribution in [-0.2, 0) is 4.79 Å². The topological polar surface area (TPSA) is 70.5 Å². The van der Waals surface area contributed by atoms with Crippen LogP contribution in [-0.4, -0.2) is 40.0 Å². The van der Waals surface area contributed by atoms with Gasteiger partial charge in [0.05, 0.1) is 11.0 Å². The number of nitrogens with zero attached hydrogens (tertiary/aromatic N) is 2. The molecule has 20 heavy (non-hydrogen) atoms. The van der Waals surface area contributed by atoms with Crippen LogP contribution in [0.1, 0.15) is 36.5 Å². The first kappa shape index (κ1) is 15.0. The third-order valence-corrected chi connectivity index (χ3v) is 4.44. The molecule has 0 aliphatic carbocycles. The third-order valence-electron chi connectivity index (χ3n) is 3.97. The second kappa shape index (κ2) is 5.91. The zero-order valence-electron chi connectivity index (χ0n) is 11.3. The molecule has 1 saturated heterocycles. The summed E-state index contributed by atoms with van der Waals surface area (Å²) in [6.07, 6.45) is 3.39. The molecule has 1 aliphatic rings. The molecule has 1 atom stereocenters. The SMILES string of the molecule is CCC1(C(=O)O)CCCN(C(=O)c2ccc(Br)nc2)C1. The van der Waals surface area contributed by atoms with Crippen LogP contribution in [0.2, 0.25) is 0 Å². The van der Waals surface area contributed by atoms with Crippen LogP contribution in [0.25, 0.3) is 0 Å². The van der Waals surface area contributed by atoms with Crippen molar-refractivity contribution in [1.82, 2.24) is 9.88 Å². The highest BCUT2D eigenvalue weighted by molar-refractivity contribution is 9.10. The van der Waals surface area contributed by atoms with Crippen molar-refractivity contribution in [3.63, 3.8) is 0 Å². The number of rotatable bonds is 3. The molecule has 1 fully saturated rings. The first-order chi connectivity index (χ1) is 9.48. The Labute approximate surface area is 126 Å². The van der Waals surface area contributed by atoms with E-state index in [-0.39, 0.29) is 12.5 Å². The largest absolute Gasteiger partial charge is 0.481 e. The Balaban J connectivity index is 2.18. The molecule has 1 aromatic rings. The quantitative estimate of drug-likeness (QED) is 0.858. The van der Waals surface area contributed by atoms with Gasteiger partial charge in [-0.05, 0) is 47.3 Å². The zero-order valence-corrected chi connectivity index (χ0v) is 12.9. The molecule has 0 aromatic carbocycles. The lowest BCUT2D eigenvalue weighted by Gasteiger charge is -2.39. The number of piperidine rings is 1. The Morgan fingerprint density at radius 3 is 2.80 bits per heavy atom. The number of hydrogen-bond acceptors (Lipinski definition) is 3. The summed E-state index contributed by atoms with van der Waals surface area (Å²) in [7, 11) is 0. The minimum atomic E-state index is -0.813. The van der Waals surface area contributed by atoms with Gasteiger partial charge in [0, 0.05) is 19.3 Å². The molecule has 5 nitrogen and oxygen atoms in total. The molecule has 0 bridgehead atoms. The first-order valence-corrected chi connectivity index (χ1v) is 7.42. The van der Waals surface area contributed by atoms with Crippen LogP contribution in [0, 0.1) is 5.41 Å². The highest BCUT2D eigenvalue weighted by Crippen LogP contribution is 2.34. The number of carboxylic acid groups (broad SMARTS) is 1. The van der Waals surface area contributed by atoms with Crippen LogP contribution >= 0.6 is 15.9 Å². The molecule has 1 amide bonds. The number of likely N-dealkylation sites (tertiary alicyclic amines) is 1. The molecule has 1 unspecified atom stereocenters. The van der Waals surface area contributed by atoms with Crippen molar-refractivity contribution in [2.24, 2.45) is 5.41 Å². The normalized spacial score (nSPS) is 22.6. The van der Waals surface area contributed by atoms with Crippen molar-refractivity contribution in [3.8, 4) is 0 Å². The minimum absolute atomic E-state index is 0.149. The van der Waals surface area contributed by atoms with Crippen molar-refractivity contribution < 1.29 is 14.7 Å². The Hall–Kier alpha value is -1.43. The third kappa shape index (κ3) is 2.85. The molecular formula is C14H17BrN2O3. The summed E-state index contributed by atoms with van der Waals surface area (Å²) >= 11 is 3.23. The van der Waals surface area contributed by atoms with Crippen molar-refractivity contribution in [1.29, 1.82) is 0 Å². The first-order valence-electron chi connectivity index (χ1n) is 6.63. The molecule has 108 valence electrons. The summed E-state index contributed by atoms with van der Waals surface area (Å²) < 4.78 is 0.668. The molecule has 1 aromatic heterocycles. The summed E-state index contributed by atoms with van der Waals surface area (Å²) in [6.45, 7) is 2.74. The maximum Gasteiger partial charge on any atom is 0.311 e. The van der Waals surface area contributed by atoms with Gasteiger partial charge >= 0.3 is 5.97 Å². The van der Waals surface area contributed by atoms with Gasteiger partial charge in [0.2, 0.25) is 0 Å². The Kier molecular flexibility index (Phi) is 4.42. The van der Waals surface area contributed by atoms with E-state index in [0.717, 1.165) is 6.42 Å². The summed E-state index contributed by atoms with van der Waals surface area (Å²) in [5.74, 6) is -0.963. The predicted octanol–water partition coefficient (Wildman–Crippen LogP) is 2.56. The number of amides is 1. The van der Waals surface area contributed by atoms with Crippen LogP contribution in [0.5, 0.6) is 0 Å². The zero-order chi connectivity index (χ0) is 14.8. The van der Waals surface area contributed by atoms with E-state index in [1.54, 1.807) is 17.0 Å². The van der Waals surface area contributed by atoms with Crippen molar-refractivity contribution in [3.05, 3.63) is 28.5 Å². The van der Waals surface area contributed by atoms with Crippen LogP contribution in [0.4, 0.5) is 0 Å². The molecule has 0 spiro atoms. The standard InChI is InChI=1S/C14H17BrN2O3/c1-2-14(13(19)20)6-3-7-17(9-14)12(18)10-4-5-11(15)16-8-10/h4-5,8H,2-3,6-7,9H2,1H3,(H,19,20). The number of carbonyl (C=O) groups is 2. The van der Waals surface area contributed by atoms with Gasteiger partial charge in [0.15, 0.2) is 0 Å². The van der Waals surface area contributed by atoms with E-state index in [4.69, 9.17) is 0 Å². The number of aliphatic carboxylic acids is 1. The van der Waals surface area contributed by atoms with E-state index in [2.05, 4.69) is 20.9 Å². The van der Waals surface area contributed by atoms with Gasteiger partial charge in [-0.1, -0.05) is 6.92 Å². The highest BCUT2D eigenvalue weighted by Gasteiger charge is 2.42. The van der Waals surface area contributed by atoms with Gasteiger partial charge in [-0.2, -0.15) is 0 Å². The van der Waals surface area contributed by atoms with Gasteiger partial charge < -0.3 is 10.0 Å². The van der Waals surface area contributed by atoms with Crippen molar-refractivity contribution in [2.75, 3.05) is 13.1 Å². The molecule has 0 radical (unpaired) electrons. The minimum Gasteiger partial charge on any atom is -0.481 e. The fourth-order valence-electron chi connectivity index (χ4n) is 2.60. The van der Waals surface area contributed by atoms with Crippen LogP contribution < -0.4 is 0 Å². The maximum absolute atomic E-state index is 12.4. The fourth-order valence-corrected chi connectivity index (χ4v) is 2.84. The Bertz CT molecular complexity index is 518. The number of carbonyl (C=O) groups excluding carboxylic acids is 1. The maximum atomic E-state index is 12.4. The molecule has 1 N–H and O–H groups in total. The van der Waals surface area contributed by atoms with Gasteiger partial charge in [0.1, 0.15) is 4.60 Å². The van der Waals surface area contributed by atoms with Gasteiger partial charge in [-0.15, -0.1) is 0 Å². The molecule has 6 heteroatoms. The van der Waals surface area contributed by atoms with Crippen LogP contribution in [0.15, 0.2) is 22.9 Å². The number of aromatic nitrogens is 1. The molecule has 0 saturated carbocycles. The van der Waals surface area contributed by atoms with Crippen molar-refractivity contribution in [2.45, 2.75) is 26.2 Å². The van der Waals surface area contributed by atoms with Gasteiger partial charge in [0.25, 0.3) is 5.91 Å². The second-order valence-corrected chi connectivity index (χ2v) is 5.95. The number of pyridine rings is 1. The molecule has 1 aliphatic heterocycles. The monoisotopic (exact) mass is 340 g/mol. The molecule has 2 heterocycles. The molecule has 2 rings (SSSR count). The number of hydrogen-bond donors (Lipinski definition) is 1. The average Bonchev–Trinajstić information content (AvgIpc) is 2.47. The van der Waals surface area contributed by atoms with E-state index in [0.29, 0.717) is 29.6 Å². The van der Waals surface area contributed by atoms with E-state index >= 15 is 0 Å². The fraction of sp³-hybridized carbons (Fsp3) is 0.500. The predicted molar refractivity (Wildman–Crippen MR) is 77.4 cm³/mol. The summed E-state index contributed by atoms with van der Waals surface area (Å²) in [4.78, 5) is 29.6. The molecular weight excluding hydrogens is 324 g/mol. The Morgan fingerprint density at radius 2 is 2.25 bits per heavy atom. The second-order valence-electron chi connectivity index (χ2n) is 5.14. The van der Waals surface area contributed by atoms with Crippen molar-refractivity contribution >= 4 is 27.8 Å². The van der Waals surface area contributed by atoms with E-state index < -0.39 is 11.4 Å². The summed E-state index contributed by atoms with van der Waals surface area (Å²) in [5, 5.41) is 9.44. The lowest BCUT2D eigenvalue weighted by molar-refractivity contribution is -0.152. The lowest BCUT2D eigenvalue weighted by atomic mass is 9.77. The highest BCUT2D eigenvalue weighted by atomic mass is 79.9. The van der Waals surface area contributed by atoms with E-state index in [1.807, 2.05) is 6.92 Å². The summed E-state index contributed by atoms with van der Waals surface area (Å²) in [6, 6.07) is 3.41. The number of halogens is 1. The average molecular weight is 341 g/mol. The lowest BCUT2D eigenvalue weighted by Crippen LogP contribution is -2.49. The summed E-state index contributed by atoms with van der Waals surface area (Å²) in [5.41, 5.74) is -0.318. The van der Waals surface area contributed by atoms with E-state index in [9.17, 15) is 14.7 Å².